The molecule has 0 aliphatic carbocycles. The predicted octanol–water partition coefficient (Wildman–Crippen LogP) is 3.17. The first-order valence-corrected chi connectivity index (χ1v) is 9.81. The lowest BCUT2D eigenvalue weighted by molar-refractivity contribution is -0.140. The second-order valence-corrected chi connectivity index (χ2v) is 9.43. The number of likely N-dealkylation sites (tertiary alicyclic amines) is 1. The van der Waals surface area contributed by atoms with Crippen LogP contribution in [0.3, 0.4) is 0 Å². The zero-order chi connectivity index (χ0) is 20.8. The van der Waals surface area contributed by atoms with Crippen molar-refractivity contribution < 1.29 is 23.9 Å². The molecule has 0 radical (unpaired) electrons. The van der Waals surface area contributed by atoms with Gasteiger partial charge in [0.15, 0.2) is 0 Å². The highest BCUT2D eigenvalue weighted by molar-refractivity contribution is 6.04. The van der Waals surface area contributed by atoms with E-state index in [0.717, 1.165) is 0 Å². The van der Waals surface area contributed by atoms with Crippen LogP contribution in [0.15, 0.2) is 0 Å². The lowest BCUT2D eigenvalue weighted by Crippen LogP contribution is -2.35. The molecule has 1 aliphatic rings. The summed E-state index contributed by atoms with van der Waals surface area (Å²) in [4.78, 5) is 49.4. The van der Waals surface area contributed by atoms with E-state index in [1.807, 2.05) is 41.5 Å². The number of Topliss-reactive ketones (excluding diaryl/α,β-unsaturated/α-hetero) is 2. The molecule has 1 saturated heterocycles. The standard InChI is InChI=1S/C21H35NO5/c1-20(2,3)16-14-18(25)22(19(16)26)11-9-15(23)8-7-12-27-13-10-17(24)21(4,5)6/h16H,7-14H2,1-6H3. The molecule has 1 aliphatic heterocycles. The van der Waals surface area contributed by atoms with Gasteiger partial charge in [0.2, 0.25) is 11.8 Å². The number of ketones is 2. The number of amides is 2. The number of imide groups is 1. The third-order valence-corrected chi connectivity index (χ3v) is 4.96. The molecule has 1 heterocycles. The van der Waals surface area contributed by atoms with Crippen LogP contribution in [0.5, 0.6) is 0 Å². The van der Waals surface area contributed by atoms with Crippen molar-refractivity contribution in [3.05, 3.63) is 0 Å². The fourth-order valence-electron chi connectivity index (χ4n) is 2.97. The number of hydrogen-bond acceptors (Lipinski definition) is 5. The Morgan fingerprint density at radius 2 is 1.63 bits per heavy atom. The maximum atomic E-state index is 12.4. The Hall–Kier alpha value is -1.56. The van der Waals surface area contributed by atoms with Crippen molar-refractivity contribution >= 4 is 23.4 Å². The van der Waals surface area contributed by atoms with E-state index in [0.29, 0.717) is 32.5 Å². The maximum Gasteiger partial charge on any atom is 0.233 e. The smallest absolute Gasteiger partial charge is 0.233 e. The van der Waals surface area contributed by atoms with E-state index in [1.54, 1.807) is 0 Å². The molecule has 0 aromatic carbocycles. The van der Waals surface area contributed by atoms with Gasteiger partial charge < -0.3 is 4.74 Å². The van der Waals surface area contributed by atoms with Crippen molar-refractivity contribution in [1.82, 2.24) is 4.90 Å². The Kier molecular flexibility index (Phi) is 8.33. The molecule has 0 spiro atoms. The average molecular weight is 382 g/mol. The van der Waals surface area contributed by atoms with E-state index in [-0.39, 0.29) is 59.5 Å². The molecular formula is C21H35NO5. The topological polar surface area (TPSA) is 80.8 Å². The summed E-state index contributed by atoms with van der Waals surface area (Å²) in [7, 11) is 0. The second-order valence-electron chi connectivity index (χ2n) is 9.43. The zero-order valence-electron chi connectivity index (χ0n) is 17.7. The highest BCUT2D eigenvalue weighted by Gasteiger charge is 2.44. The van der Waals surface area contributed by atoms with Crippen LogP contribution in [-0.4, -0.2) is 48.0 Å². The van der Waals surface area contributed by atoms with Crippen LogP contribution in [0.2, 0.25) is 0 Å². The van der Waals surface area contributed by atoms with Gasteiger partial charge in [0, 0.05) is 44.2 Å². The monoisotopic (exact) mass is 381 g/mol. The minimum atomic E-state index is -0.351. The van der Waals surface area contributed by atoms with E-state index >= 15 is 0 Å². The quantitative estimate of drug-likeness (QED) is 0.429. The fraction of sp³-hybridized carbons (Fsp3) is 0.810. The summed E-state index contributed by atoms with van der Waals surface area (Å²) in [6.07, 6.45) is 1.74. The lowest BCUT2D eigenvalue weighted by atomic mass is 9.80. The predicted molar refractivity (Wildman–Crippen MR) is 103 cm³/mol. The van der Waals surface area contributed by atoms with Crippen LogP contribution < -0.4 is 0 Å². The van der Waals surface area contributed by atoms with Gasteiger partial charge in [0.25, 0.3) is 0 Å². The third-order valence-electron chi connectivity index (χ3n) is 4.96. The van der Waals surface area contributed by atoms with Crippen LogP contribution in [0.4, 0.5) is 0 Å². The number of hydrogen-bond donors (Lipinski definition) is 0. The number of carbonyl (C=O) groups excluding carboxylic acids is 4. The Morgan fingerprint density at radius 1 is 1.00 bits per heavy atom. The molecule has 0 bridgehead atoms. The molecule has 6 nitrogen and oxygen atoms in total. The summed E-state index contributed by atoms with van der Waals surface area (Å²) in [5, 5.41) is 0. The molecule has 154 valence electrons. The summed E-state index contributed by atoms with van der Waals surface area (Å²) >= 11 is 0. The van der Waals surface area contributed by atoms with Gasteiger partial charge in [-0.1, -0.05) is 41.5 Å². The highest BCUT2D eigenvalue weighted by atomic mass is 16.5. The van der Waals surface area contributed by atoms with Gasteiger partial charge in [0.05, 0.1) is 12.5 Å². The second kappa shape index (κ2) is 9.58. The molecule has 0 aromatic heterocycles. The van der Waals surface area contributed by atoms with Crippen LogP contribution in [0, 0.1) is 16.7 Å². The summed E-state index contributed by atoms with van der Waals surface area (Å²) in [6, 6.07) is 0. The van der Waals surface area contributed by atoms with Crippen LogP contribution >= 0.6 is 0 Å². The largest absolute Gasteiger partial charge is 0.381 e. The molecule has 0 aromatic rings. The van der Waals surface area contributed by atoms with Gasteiger partial charge in [-0.15, -0.1) is 0 Å². The molecule has 1 atom stereocenters. The molecule has 1 fully saturated rings. The van der Waals surface area contributed by atoms with E-state index in [9.17, 15) is 19.2 Å². The van der Waals surface area contributed by atoms with Crippen LogP contribution in [0.25, 0.3) is 0 Å². The highest BCUT2D eigenvalue weighted by Crippen LogP contribution is 2.35. The first-order chi connectivity index (χ1) is 12.3. The van der Waals surface area contributed by atoms with Gasteiger partial charge in [0.1, 0.15) is 11.6 Å². The van der Waals surface area contributed by atoms with Crippen molar-refractivity contribution in [2.75, 3.05) is 19.8 Å². The van der Waals surface area contributed by atoms with Crippen molar-refractivity contribution in [2.45, 2.75) is 73.6 Å². The molecule has 6 heteroatoms. The average Bonchev–Trinajstić information content (AvgIpc) is 2.82. The Bertz CT molecular complexity index is 568. The zero-order valence-corrected chi connectivity index (χ0v) is 17.7. The third kappa shape index (κ3) is 7.53. The SMILES string of the molecule is CC(C)(C)C(=O)CCOCCCC(=O)CCN1C(=O)CC(C(C)(C)C)C1=O. The molecule has 27 heavy (non-hydrogen) atoms. The van der Waals surface area contributed by atoms with Crippen LogP contribution in [0.1, 0.15) is 73.6 Å². The Labute approximate surface area is 163 Å². The van der Waals surface area contributed by atoms with E-state index in [1.165, 1.54) is 4.90 Å². The fourth-order valence-corrected chi connectivity index (χ4v) is 2.97. The molecule has 0 saturated carbocycles. The number of rotatable bonds is 10. The normalized spacial score (nSPS) is 18.3. The summed E-state index contributed by atoms with van der Waals surface area (Å²) in [5.41, 5.74) is -0.604. The number of ether oxygens (including phenoxy) is 1. The molecule has 2 amide bonds. The summed E-state index contributed by atoms with van der Waals surface area (Å²) < 4.78 is 5.42. The molecule has 1 unspecified atom stereocenters. The maximum absolute atomic E-state index is 12.4. The molecular weight excluding hydrogens is 346 g/mol. The Balaban J connectivity index is 2.22. The molecule has 0 N–H and O–H groups in total. The van der Waals surface area contributed by atoms with E-state index < -0.39 is 0 Å². The minimum Gasteiger partial charge on any atom is -0.381 e. The van der Waals surface area contributed by atoms with Crippen molar-refractivity contribution in [1.29, 1.82) is 0 Å². The van der Waals surface area contributed by atoms with E-state index in [2.05, 4.69) is 0 Å². The van der Waals surface area contributed by atoms with Crippen molar-refractivity contribution in [3.8, 4) is 0 Å². The van der Waals surface area contributed by atoms with Crippen molar-refractivity contribution in [3.63, 3.8) is 0 Å². The minimum absolute atomic E-state index is 0.0178. The first-order valence-electron chi connectivity index (χ1n) is 9.81. The summed E-state index contributed by atoms with van der Waals surface area (Å²) in [6.45, 7) is 12.5. The Morgan fingerprint density at radius 3 is 2.15 bits per heavy atom. The summed E-state index contributed by atoms with van der Waals surface area (Å²) in [5.74, 6) is -0.465. The van der Waals surface area contributed by atoms with Gasteiger partial charge in [-0.05, 0) is 11.8 Å². The number of carbonyl (C=O) groups is 4. The van der Waals surface area contributed by atoms with Crippen LogP contribution in [-0.2, 0) is 23.9 Å². The number of nitrogens with zero attached hydrogens (tertiary/aromatic N) is 1. The van der Waals surface area contributed by atoms with Gasteiger partial charge >= 0.3 is 0 Å². The first kappa shape index (κ1) is 23.5. The van der Waals surface area contributed by atoms with Gasteiger partial charge in [-0.25, -0.2) is 0 Å². The van der Waals surface area contributed by atoms with Gasteiger partial charge in [-0.2, -0.15) is 0 Å². The van der Waals surface area contributed by atoms with E-state index in [4.69, 9.17) is 4.74 Å². The van der Waals surface area contributed by atoms with Gasteiger partial charge in [-0.3, -0.25) is 24.1 Å². The molecule has 1 rings (SSSR count). The van der Waals surface area contributed by atoms with Crippen molar-refractivity contribution in [2.24, 2.45) is 16.7 Å². The lowest BCUT2D eigenvalue weighted by Gasteiger charge is -2.24.